The van der Waals surface area contributed by atoms with Gasteiger partial charge in [-0.25, -0.2) is 9.59 Å². The Balaban J connectivity index is 3.52. The highest BCUT2D eigenvalue weighted by atomic mass is 16.4. The van der Waals surface area contributed by atoms with Crippen LogP contribution in [0.15, 0.2) is 0 Å². The van der Waals surface area contributed by atoms with Crippen LogP contribution in [0.5, 0.6) is 0 Å². The molecule has 0 radical (unpaired) electrons. The van der Waals surface area contributed by atoms with Gasteiger partial charge in [0.15, 0.2) is 6.29 Å². The number of aromatic carboxylic acids is 2. The van der Waals surface area contributed by atoms with E-state index in [4.69, 9.17) is 10.2 Å². The van der Waals surface area contributed by atoms with Gasteiger partial charge in [-0.15, -0.1) is 0 Å². The van der Waals surface area contributed by atoms with Gasteiger partial charge in [-0.2, -0.15) is 0 Å². The first-order chi connectivity index (χ1) is 7.02. The maximum Gasteiger partial charge on any atom is 0.352 e. The summed E-state index contributed by atoms with van der Waals surface area (Å²) in [5.74, 6) is -2.58. The first-order valence-electron chi connectivity index (χ1n) is 4.19. The van der Waals surface area contributed by atoms with Crippen molar-refractivity contribution in [3.8, 4) is 0 Å². The van der Waals surface area contributed by atoms with Gasteiger partial charge in [0.25, 0.3) is 0 Å². The monoisotopic (exact) mass is 211 g/mol. The first kappa shape index (κ1) is 11.0. The second-order valence-corrected chi connectivity index (χ2v) is 2.85. The molecule has 0 amide bonds. The van der Waals surface area contributed by atoms with Crippen molar-refractivity contribution in [1.82, 2.24) is 4.98 Å². The molecule has 6 nitrogen and oxygen atoms in total. The Morgan fingerprint density at radius 1 is 1.33 bits per heavy atom. The van der Waals surface area contributed by atoms with Crippen LogP contribution in [0.4, 0.5) is 0 Å². The van der Waals surface area contributed by atoms with E-state index < -0.39 is 11.9 Å². The molecule has 1 rings (SSSR count). The van der Waals surface area contributed by atoms with Gasteiger partial charge < -0.3 is 15.2 Å². The Hall–Kier alpha value is -2.11. The fraction of sp³-hybridized carbons (Fsp3) is 0.222. The topological polar surface area (TPSA) is 107 Å². The van der Waals surface area contributed by atoms with Crippen molar-refractivity contribution in [2.45, 2.75) is 13.3 Å². The van der Waals surface area contributed by atoms with Gasteiger partial charge in [0.2, 0.25) is 0 Å². The van der Waals surface area contributed by atoms with Crippen LogP contribution in [0.3, 0.4) is 0 Å². The molecule has 0 saturated carbocycles. The summed E-state index contributed by atoms with van der Waals surface area (Å²) >= 11 is 0. The second kappa shape index (κ2) is 3.95. The quantitative estimate of drug-likeness (QED) is 0.638. The highest BCUT2D eigenvalue weighted by molar-refractivity contribution is 6.02. The van der Waals surface area contributed by atoms with Crippen LogP contribution in [0.1, 0.15) is 43.8 Å². The van der Waals surface area contributed by atoms with E-state index in [2.05, 4.69) is 4.98 Å². The average Bonchev–Trinajstić information content (AvgIpc) is 2.55. The van der Waals surface area contributed by atoms with Crippen LogP contribution in [0, 0.1) is 0 Å². The van der Waals surface area contributed by atoms with Crippen molar-refractivity contribution in [2.24, 2.45) is 0 Å². The van der Waals surface area contributed by atoms with Crippen LogP contribution >= 0.6 is 0 Å². The Labute approximate surface area is 84.5 Å². The number of nitrogens with one attached hydrogen (secondary N) is 1. The molecule has 0 aliphatic heterocycles. The summed E-state index contributed by atoms with van der Waals surface area (Å²) < 4.78 is 0. The molecule has 0 aliphatic rings. The van der Waals surface area contributed by atoms with E-state index in [-0.39, 0.29) is 28.9 Å². The van der Waals surface area contributed by atoms with Crippen LogP contribution in [-0.4, -0.2) is 33.4 Å². The molecule has 0 unspecified atom stereocenters. The normalized spacial score (nSPS) is 9.93. The minimum atomic E-state index is -1.31. The molecule has 0 bridgehead atoms. The van der Waals surface area contributed by atoms with E-state index in [0.29, 0.717) is 6.29 Å². The predicted molar refractivity (Wildman–Crippen MR) is 49.5 cm³/mol. The lowest BCUT2D eigenvalue weighted by molar-refractivity contribution is 0.0687. The molecule has 80 valence electrons. The highest BCUT2D eigenvalue weighted by Crippen LogP contribution is 2.19. The lowest BCUT2D eigenvalue weighted by Crippen LogP contribution is -2.04. The fourth-order valence-electron chi connectivity index (χ4n) is 1.43. The smallest absolute Gasteiger partial charge is 0.352 e. The van der Waals surface area contributed by atoms with Gasteiger partial charge in [0.1, 0.15) is 5.69 Å². The molecule has 1 aromatic heterocycles. The van der Waals surface area contributed by atoms with E-state index in [1.165, 1.54) is 0 Å². The van der Waals surface area contributed by atoms with Crippen LogP contribution in [0.25, 0.3) is 0 Å². The summed E-state index contributed by atoms with van der Waals surface area (Å²) in [5, 5.41) is 17.6. The van der Waals surface area contributed by atoms with Crippen molar-refractivity contribution in [3.05, 3.63) is 22.5 Å². The molecule has 1 aromatic rings. The maximum atomic E-state index is 10.8. The van der Waals surface area contributed by atoms with E-state index >= 15 is 0 Å². The minimum Gasteiger partial charge on any atom is -0.478 e. The van der Waals surface area contributed by atoms with Crippen molar-refractivity contribution < 1.29 is 24.6 Å². The Morgan fingerprint density at radius 2 is 1.93 bits per heavy atom. The SMILES string of the molecule is CCc1c(C(=O)O)[nH]c(C=O)c1C(=O)O. The van der Waals surface area contributed by atoms with E-state index in [9.17, 15) is 14.4 Å². The van der Waals surface area contributed by atoms with E-state index in [1.807, 2.05) is 0 Å². The molecule has 1 heterocycles. The first-order valence-corrected chi connectivity index (χ1v) is 4.19. The average molecular weight is 211 g/mol. The van der Waals surface area contributed by atoms with Crippen molar-refractivity contribution in [1.29, 1.82) is 0 Å². The number of H-pyrrole nitrogens is 1. The summed E-state index contributed by atoms with van der Waals surface area (Å²) in [5.41, 5.74) is -0.573. The van der Waals surface area contributed by atoms with Gasteiger partial charge in [-0.05, 0) is 12.0 Å². The number of aldehydes is 1. The Bertz CT molecular complexity index is 432. The number of hydrogen-bond acceptors (Lipinski definition) is 3. The second-order valence-electron chi connectivity index (χ2n) is 2.85. The summed E-state index contributed by atoms with van der Waals surface area (Å²) in [6.45, 7) is 1.62. The highest BCUT2D eigenvalue weighted by Gasteiger charge is 2.24. The summed E-state index contributed by atoms with van der Waals surface area (Å²) in [6.07, 6.45) is 0.530. The number of carboxylic acid groups (broad SMARTS) is 2. The summed E-state index contributed by atoms with van der Waals surface area (Å²) in [7, 11) is 0. The standard InChI is InChI=1S/C9H9NO5/c1-2-4-6(8(12)13)5(3-11)10-7(4)9(14)15/h3,10H,2H2,1H3,(H,12,13)(H,14,15). The lowest BCUT2D eigenvalue weighted by atomic mass is 10.1. The Kier molecular flexibility index (Phi) is 2.89. The molecule has 6 heteroatoms. The summed E-state index contributed by atoms with van der Waals surface area (Å²) in [4.78, 5) is 34.4. The van der Waals surface area contributed by atoms with Crippen LogP contribution in [-0.2, 0) is 6.42 Å². The number of hydrogen-bond donors (Lipinski definition) is 3. The van der Waals surface area contributed by atoms with Crippen molar-refractivity contribution in [2.75, 3.05) is 0 Å². The number of rotatable bonds is 4. The number of carbonyl (C=O) groups excluding carboxylic acids is 1. The molecule has 0 aromatic carbocycles. The number of aromatic amines is 1. The minimum absolute atomic E-state index is 0.136. The lowest BCUT2D eigenvalue weighted by Gasteiger charge is -1.97. The zero-order valence-corrected chi connectivity index (χ0v) is 7.90. The molecule has 0 aliphatic carbocycles. The number of aromatic nitrogens is 1. The summed E-state index contributed by atoms with van der Waals surface area (Å²) in [6, 6.07) is 0. The zero-order chi connectivity index (χ0) is 11.6. The number of carbonyl (C=O) groups is 3. The molecule has 0 spiro atoms. The van der Waals surface area contributed by atoms with Crippen molar-refractivity contribution >= 4 is 18.2 Å². The van der Waals surface area contributed by atoms with Gasteiger partial charge in [0, 0.05) is 0 Å². The third-order valence-corrected chi connectivity index (χ3v) is 2.03. The van der Waals surface area contributed by atoms with E-state index in [0.717, 1.165) is 0 Å². The molecular formula is C9H9NO5. The third-order valence-electron chi connectivity index (χ3n) is 2.03. The van der Waals surface area contributed by atoms with E-state index in [1.54, 1.807) is 6.92 Å². The van der Waals surface area contributed by atoms with Gasteiger partial charge in [-0.3, -0.25) is 4.79 Å². The predicted octanol–water partition coefficient (Wildman–Crippen LogP) is 0.786. The Morgan fingerprint density at radius 3 is 2.27 bits per heavy atom. The third kappa shape index (κ3) is 1.74. The largest absolute Gasteiger partial charge is 0.478 e. The molecule has 0 fully saturated rings. The van der Waals surface area contributed by atoms with Crippen molar-refractivity contribution in [3.63, 3.8) is 0 Å². The van der Waals surface area contributed by atoms with Gasteiger partial charge in [-0.1, -0.05) is 6.92 Å². The molecule has 15 heavy (non-hydrogen) atoms. The maximum absolute atomic E-state index is 10.8. The molecule has 0 atom stereocenters. The molecular weight excluding hydrogens is 202 g/mol. The van der Waals surface area contributed by atoms with Gasteiger partial charge >= 0.3 is 11.9 Å². The fourth-order valence-corrected chi connectivity index (χ4v) is 1.43. The van der Waals surface area contributed by atoms with Crippen LogP contribution in [0.2, 0.25) is 0 Å². The number of carboxylic acids is 2. The van der Waals surface area contributed by atoms with Gasteiger partial charge in [0.05, 0.1) is 11.3 Å². The zero-order valence-electron chi connectivity index (χ0n) is 7.90. The molecule has 0 saturated heterocycles. The molecule has 3 N–H and O–H groups in total. The van der Waals surface area contributed by atoms with Crippen LogP contribution < -0.4 is 0 Å².